The Labute approximate surface area is 514 Å². The molecule has 6 aromatic rings. The van der Waals surface area contributed by atoms with Crippen molar-refractivity contribution < 1.29 is 113 Å². The number of hydrogen-bond acceptors (Lipinski definition) is 12. The Bertz CT molecular complexity index is 3370. The zero-order valence-electron chi connectivity index (χ0n) is 44.0. The number of methoxy groups -OCH3 is 1. The number of nitrogens with one attached hydrogen (secondary N) is 4. The number of aliphatic carboxylic acids is 1. The number of ether oxygens (including phenoxy) is 1. The number of amides is 1. The molecule has 17 nitrogen and oxygen atoms in total. The molecule has 6 rings (SSSR count). The third kappa shape index (κ3) is 23.6. The molecule has 0 aliphatic rings. The number of esters is 1. The van der Waals surface area contributed by atoms with Crippen LogP contribution < -0.4 is 44.1 Å². The molecule has 0 fully saturated rings. The predicted molar refractivity (Wildman–Crippen MR) is 296 cm³/mol. The van der Waals surface area contributed by atoms with Crippen molar-refractivity contribution in [1.82, 2.24) is 19.5 Å². The van der Waals surface area contributed by atoms with Crippen molar-refractivity contribution in [3.63, 3.8) is 0 Å². The Balaban J connectivity index is 0.000000613. The average molecular weight is 1440 g/mol. The van der Waals surface area contributed by atoms with Gasteiger partial charge in [-0.25, -0.2) is 39.4 Å². The van der Waals surface area contributed by atoms with Crippen LogP contribution in [-0.4, -0.2) is 74.9 Å². The maximum atomic E-state index is 13.2. The minimum atomic E-state index is -4.87. The summed E-state index contributed by atoms with van der Waals surface area (Å²) in [6, 6.07) is 27.1. The second kappa shape index (κ2) is 33.6. The first-order valence-corrected chi connectivity index (χ1v) is 29.8. The van der Waals surface area contributed by atoms with Gasteiger partial charge in [-0.1, -0.05) is 121 Å². The van der Waals surface area contributed by atoms with Gasteiger partial charge in [0.25, 0.3) is 0 Å². The first-order valence-electron chi connectivity index (χ1n) is 23.0. The topological polar surface area (TPSA) is 287 Å². The van der Waals surface area contributed by atoms with Crippen molar-refractivity contribution >= 4 is 95.7 Å². The monoisotopic (exact) mass is 1440 g/mol. The maximum absolute atomic E-state index is 13.2. The molecule has 0 heterocycles. The molecule has 0 aliphatic heterocycles. The molecule has 0 saturated heterocycles. The van der Waals surface area contributed by atoms with E-state index in [4.69, 9.17) is 5.11 Å². The van der Waals surface area contributed by atoms with Gasteiger partial charge in [0.15, 0.2) is 0 Å². The van der Waals surface area contributed by atoms with E-state index < -0.39 is 122 Å². The summed E-state index contributed by atoms with van der Waals surface area (Å²) in [6.07, 6.45) is -15.9. The number of nitrogens with two attached hydrogens (primary N) is 1. The molecule has 6 aromatic carbocycles. The number of carboxylic acid groups (broad SMARTS) is 1. The van der Waals surface area contributed by atoms with Crippen molar-refractivity contribution in [1.29, 1.82) is 0 Å². The van der Waals surface area contributed by atoms with Crippen molar-refractivity contribution in [2.24, 2.45) is 5.73 Å². The van der Waals surface area contributed by atoms with Crippen LogP contribution in [0.2, 0.25) is 0 Å². The summed E-state index contributed by atoms with van der Waals surface area (Å²) >= 11 is 9.67. The number of sulfonamides is 3. The SMILES string of the molecule is CN.CNC(=O)C[C@H](NS(=O)(=O)c1ccccc1C(F)(F)F)c1cccc(Br)c1.COC(=O)C[C@H](NS(=O)(=O)c1ccccc1C(F)(F)F)c1cccc(Br)c1.O=C(O)C[C@H](NS(=O)(=O)c1ccccc1C(F)(F)F)c1cccc(Br)c1.[Li+].[OH-]. The van der Waals surface area contributed by atoms with Crippen LogP contribution >= 0.6 is 47.8 Å². The number of hydrogen-bond donors (Lipinski definition) is 6. The average Bonchev–Trinajstić information content (AvgIpc) is 2.81. The van der Waals surface area contributed by atoms with Crippen LogP contribution in [0.5, 0.6) is 0 Å². The molecular formula is C51H50Br3F9LiN5O12S3. The van der Waals surface area contributed by atoms with Gasteiger partial charge in [0.05, 0.1) is 69.5 Å². The smallest absolute Gasteiger partial charge is 0.870 e. The minimum absolute atomic E-state index is 0. The zero-order chi connectivity index (χ0) is 62.0. The fourth-order valence-electron chi connectivity index (χ4n) is 7.12. The van der Waals surface area contributed by atoms with Crippen molar-refractivity contribution in [2.45, 2.75) is 70.6 Å². The standard InChI is InChI=1S/C17H16BrF3N2O3S.C17H15BrF3NO4S.C16H13BrF3NO4S.CH5N.Li.H2O/c1-22-16(24)10-14(11-5-4-6-12(18)9-11)23-27(25,26)15-8-3-2-7-13(15)17(19,20)21;1-26-16(23)10-14(11-5-4-6-12(18)9-11)22-27(24,25)15-8-3-2-7-13(15)17(19,20)21;17-11-5-3-4-10(8-11)13(9-15(22)23)21-26(24,25)14-7-2-1-6-12(14)16(18,19)20;1-2;;/h2-9,14,23H,10H2,1H3,(H,22,24);2-9,14,22H,10H2,1H3;1-8,13,21H,9H2,(H,22,23);2H2,1H3;;1H2/q;;;;+1;/p-1/t2*14-;13-;;;/m000.../s1. The number of halogens is 12. The molecular weight excluding hydrogens is 1390 g/mol. The molecule has 0 aliphatic carbocycles. The van der Waals surface area contributed by atoms with Crippen LogP contribution in [0.15, 0.2) is 174 Å². The van der Waals surface area contributed by atoms with Gasteiger partial charge in [-0.05, 0) is 96.5 Å². The third-order valence-corrected chi connectivity index (χ3v) is 16.8. The van der Waals surface area contributed by atoms with E-state index >= 15 is 0 Å². The quantitative estimate of drug-likeness (QED) is 0.0270. The van der Waals surface area contributed by atoms with Crippen LogP contribution in [-0.2, 0) is 67.7 Å². The van der Waals surface area contributed by atoms with E-state index in [-0.39, 0.29) is 37.2 Å². The van der Waals surface area contributed by atoms with Crippen molar-refractivity contribution in [2.75, 3.05) is 21.2 Å². The fraction of sp³-hybridized carbons (Fsp3) is 0.235. The molecule has 0 unspecified atom stereocenters. The number of carbonyl (C=O) groups excluding carboxylic acids is 2. The van der Waals surface area contributed by atoms with Crippen LogP contribution in [0, 0.1) is 0 Å². The van der Waals surface area contributed by atoms with E-state index in [0.29, 0.717) is 48.3 Å². The van der Waals surface area contributed by atoms with E-state index in [9.17, 15) is 79.2 Å². The van der Waals surface area contributed by atoms with Crippen molar-refractivity contribution in [3.8, 4) is 0 Å². The van der Waals surface area contributed by atoms with Crippen LogP contribution in [0.25, 0.3) is 0 Å². The number of alkyl halides is 9. The van der Waals surface area contributed by atoms with Crippen LogP contribution in [0.4, 0.5) is 39.5 Å². The first kappa shape index (κ1) is 76.8. The Kier molecular flexibility index (Phi) is 30.7. The van der Waals surface area contributed by atoms with Gasteiger partial charge < -0.3 is 26.4 Å². The molecule has 8 N–H and O–H groups in total. The Hall–Kier alpha value is -5.21. The molecule has 33 heteroatoms. The van der Waals surface area contributed by atoms with Gasteiger partial charge in [0.2, 0.25) is 36.0 Å². The summed E-state index contributed by atoms with van der Waals surface area (Å²) in [5.41, 5.74) is 1.74. The van der Waals surface area contributed by atoms with Gasteiger partial charge >= 0.3 is 49.3 Å². The van der Waals surface area contributed by atoms with E-state index in [1.54, 1.807) is 60.7 Å². The maximum Gasteiger partial charge on any atom is 1.00 e. The molecule has 0 radical (unpaired) electrons. The normalized spacial score (nSPS) is 12.7. The van der Waals surface area contributed by atoms with Gasteiger partial charge in [-0.2, -0.15) is 39.5 Å². The molecule has 0 saturated carbocycles. The Morgan fingerprint density at radius 2 is 0.774 bits per heavy atom. The van der Waals surface area contributed by atoms with E-state index in [0.717, 1.165) is 49.6 Å². The second-order valence-corrected chi connectivity index (χ2v) is 24.2. The second-order valence-electron chi connectivity index (χ2n) is 16.4. The summed E-state index contributed by atoms with van der Waals surface area (Å²) in [5, 5.41) is 11.4. The van der Waals surface area contributed by atoms with E-state index in [2.05, 4.69) is 77.7 Å². The van der Waals surface area contributed by atoms with Crippen molar-refractivity contribution in [3.05, 3.63) is 192 Å². The molecule has 1 amide bonds. The molecule has 0 aromatic heterocycles. The van der Waals surface area contributed by atoms with Crippen LogP contribution in [0.3, 0.4) is 0 Å². The summed E-state index contributed by atoms with van der Waals surface area (Å²) in [5.74, 6) is -2.49. The fourth-order valence-corrected chi connectivity index (χ4v) is 12.7. The Morgan fingerprint density at radius 1 is 0.500 bits per heavy atom. The zero-order valence-corrected chi connectivity index (χ0v) is 51.2. The molecule has 454 valence electrons. The molecule has 0 bridgehead atoms. The third-order valence-electron chi connectivity index (χ3n) is 10.7. The summed E-state index contributed by atoms with van der Waals surface area (Å²) < 4.78 is 207. The largest absolute Gasteiger partial charge is 1.00 e. The first-order chi connectivity index (χ1) is 38.1. The minimum Gasteiger partial charge on any atom is -0.870 e. The predicted octanol–water partition coefficient (Wildman–Crippen LogP) is 8.04. The summed E-state index contributed by atoms with van der Waals surface area (Å²) in [6.45, 7) is 0. The molecule has 84 heavy (non-hydrogen) atoms. The van der Waals surface area contributed by atoms with Crippen LogP contribution in [0.1, 0.15) is 70.8 Å². The van der Waals surface area contributed by atoms with Gasteiger partial charge in [0, 0.05) is 26.9 Å². The number of carboxylic acids is 1. The van der Waals surface area contributed by atoms with Gasteiger partial charge in [0.1, 0.15) is 0 Å². The summed E-state index contributed by atoms with van der Waals surface area (Å²) in [4.78, 5) is 31.8. The van der Waals surface area contributed by atoms with Gasteiger partial charge in [-0.15, -0.1) is 0 Å². The number of benzene rings is 6. The summed E-state index contributed by atoms with van der Waals surface area (Å²) in [7, 11) is -9.75. The number of rotatable bonds is 18. The van der Waals surface area contributed by atoms with E-state index in [1.165, 1.54) is 38.4 Å². The van der Waals surface area contributed by atoms with Gasteiger partial charge in [-0.3, -0.25) is 14.4 Å². The molecule has 3 atom stereocenters. The number of carbonyl (C=O) groups is 3. The Morgan fingerprint density at radius 3 is 1.02 bits per heavy atom. The molecule has 0 spiro atoms. The van der Waals surface area contributed by atoms with E-state index in [1.807, 2.05) is 0 Å².